The van der Waals surface area contributed by atoms with Gasteiger partial charge in [-0.05, 0) is 12.1 Å². The number of azo groups is 1. The van der Waals surface area contributed by atoms with Crippen molar-refractivity contribution in [1.29, 1.82) is 0 Å². The Balaban J connectivity index is 1.84. The number of aliphatic hydroxyl groups is 2. The first-order valence-electron chi connectivity index (χ1n) is 8.25. The Kier molecular flexibility index (Phi) is 4.39. The Morgan fingerprint density at radius 1 is 1.30 bits per heavy atom. The fourth-order valence-corrected chi connectivity index (χ4v) is 2.96. The predicted octanol–water partition coefficient (Wildman–Crippen LogP) is 0.758. The van der Waals surface area contributed by atoms with Crippen LogP contribution < -0.4 is 11.3 Å². The highest BCUT2D eigenvalue weighted by Gasteiger charge is 2.37. The fraction of sp³-hybridized carbons (Fsp3) is 0.312. The fourth-order valence-electron chi connectivity index (χ4n) is 2.96. The number of fused-ring (bicyclic) bond motifs is 1. The van der Waals surface area contributed by atoms with E-state index in [1.54, 1.807) is 12.1 Å². The van der Waals surface area contributed by atoms with Crippen LogP contribution >= 0.6 is 0 Å². The summed E-state index contributed by atoms with van der Waals surface area (Å²) in [5.41, 5.74) is 5.91. The molecular weight excluding hydrogens is 354 g/mol. The summed E-state index contributed by atoms with van der Waals surface area (Å²) in [6.45, 7) is -0.346. The molecule has 3 heterocycles. The van der Waals surface area contributed by atoms with Crippen LogP contribution in [0.15, 0.2) is 45.4 Å². The van der Waals surface area contributed by atoms with Crippen molar-refractivity contribution < 1.29 is 14.9 Å². The highest BCUT2D eigenvalue weighted by Crippen LogP contribution is 2.34. The monoisotopic (exact) mass is 371 g/mol. The first-order chi connectivity index (χ1) is 13.1. The van der Waals surface area contributed by atoms with Crippen molar-refractivity contribution in [3.63, 3.8) is 0 Å². The largest absolute Gasteiger partial charge is 0.394 e. The van der Waals surface area contributed by atoms with Gasteiger partial charge in [0.25, 0.3) is 11.5 Å². The van der Waals surface area contributed by atoms with Crippen LogP contribution in [0.3, 0.4) is 0 Å². The number of ether oxygens (including phenoxy) is 1. The van der Waals surface area contributed by atoms with Gasteiger partial charge in [-0.15, -0.1) is 10.2 Å². The van der Waals surface area contributed by atoms with Crippen LogP contribution in [-0.2, 0) is 4.74 Å². The van der Waals surface area contributed by atoms with Gasteiger partial charge >= 0.3 is 0 Å². The zero-order valence-corrected chi connectivity index (χ0v) is 14.1. The third-order valence-corrected chi connectivity index (χ3v) is 4.23. The number of nitrogen functional groups attached to an aromatic ring is 1. The van der Waals surface area contributed by atoms with Crippen molar-refractivity contribution in [3.05, 3.63) is 40.7 Å². The minimum absolute atomic E-state index is 0.0248. The van der Waals surface area contributed by atoms with Crippen LogP contribution in [0.25, 0.3) is 11.2 Å². The Morgan fingerprint density at radius 3 is 2.78 bits per heavy atom. The van der Waals surface area contributed by atoms with Crippen LogP contribution in [0.4, 0.5) is 17.6 Å². The molecule has 0 amide bonds. The third-order valence-electron chi connectivity index (χ3n) is 4.23. The molecule has 1 aliphatic heterocycles. The summed E-state index contributed by atoms with van der Waals surface area (Å²) in [5.74, 6) is -0.00862. The second-order valence-electron chi connectivity index (χ2n) is 6.06. The Morgan fingerprint density at radius 2 is 2.07 bits per heavy atom. The van der Waals surface area contributed by atoms with Crippen molar-refractivity contribution in [2.24, 2.45) is 10.2 Å². The zero-order chi connectivity index (χ0) is 19.0. The number of benzene rings is 1. The number of aromatic amines is 1. The number of rotatable bonds is 4. The number of hydrogen-bond donors (Lipinski definition) is 4. The van der Waals surface area contributed by atoms with E-state index in [1.807, 2.05) is 18.2 Å². The number of nitrogens with one attached hydrogen (secondary N) is 1. The number of imidazole rings is 1. The molecule has 1 fully saturated rings. The van der Waals surface area contributed by atoms with Gasteiger partial charge in [0.1, 0.15) is 12.3 Å². The quantitative estimate of drug-likeness (QED) is 0.491. The summed E-state index contributed by atoms with van der Waals surface area (Å²) in [7, 11) is 0. The molecule has 27 heavy (non-hydrogen) atoms. The smallest absolute Gasteiger partial charge is 0.280 e. The number of anilines is 1. The molecular formula is C16H17N7O4. The lowest BCUT2D eigenvalue weighted by Gasteiger charge is -2.14. The van der Waals surface area contributed by atoms with Crippen LogP contribution in [0.1, 0.15) is 12.6 Å². The van der Waals surface area contributed by atoms with Crippen LogP contribution in [-0.4, -0.2) is 48.5 Å². The first kappa shape index (κ1) is 17.3. The molecule has 3 aromatic rings. The molecule has 1 aromatic carbocycles. The summed E-state index contributed by atoms with van der Waals surface area (Å²) in [4.78, 5) is 22.9. The molecule has 4 rings (SSSR count). The highest BCUT2D eigenvalue weighted by atomic mass is 16.5. The summed E-state index contributed by atoms with van der Waals surface area (Å²) in [6.07, 6.45) is -2.21. The van der Waals surface area contributed by atoms with Gasteiger partial charge in [-0.3, -0.25) is 14.3 Å². The van der Waals surface area contributed by atoms with Crippen molar-refractivity contribution in [1.82, 2.24) is 19.5 Å². The Hall–Kier alpha value is -3.15. The van der Waals surface area contributed by atoms with Gasteiger partial charge in [-0.25, -0.2) is 4.98 Å². The van der Waals surface area contributed by atoms with Gasteiger partial charge in [0, 0.05) is 6.42 Å². The molecule has 5 N–H and O–H groups in total. The van der Waals surface area contributed by atoms with E-state index in [1.165, 1.54) is 4.57 Å². The number of nitrogens with zero attached hydrogens (tertiary/aromatic N) is 5. The summed E-state index contributed by atoms with van der Waals surface area (Å²) < 4.78 is 7.13. The van der Waals surface area contributed by atoms with E-state index >= 15 is 0 Å². The molecule has 0 saturated carbocycles. The maximum absolute atomic E-state index is 12.2. The lowest BCUT2D eigenvalue weighted by atomic mass is 10.2. The molecule has 0 aliphatic carbocycles. The van der Waals surface area contributed by atoms with E-state index in [-0.39, 0.29) is 36.1 Å². The lowest BCUT2D eigenvalue weighted by Crippen LogP contribution is -2.24. The number of aliphatic hydroxyl groups excluding tert-OH is 2. The average Bonchev–Trinajstić information content (AvgIpc) is 3.20. The lowest BCUT2D eigenvalue weighted by molar-refractivity contribution is -0.0426. The van der Waals surface area contributed by atoms with Crippen molar-refractivity contribution in [3.8, 4) is 0 Å². The van der Waals surface area contributed by atoms with E-state index in [4.69, 9.17) is 10.5 Å². The minimum atomic E-state index is -0.879. The van der Waals surface area contributed by atoms with Crippen molar-refractivity contribution in [2.75, 3.05) is 12.3 Å². The van der Waals surface area contributed by atoms with Crippen LogP contribution in [0, 0.1) is 0 Å². The highest BCUT2D eigenvalue weighted by molar-refractivity contribution is 5.74. The van der Waals surface area contributed by atoms with Gasteiger partial charge < -0.3 is 20.7 Å². The molecule has 0 radical (unpaired) electrons. The minimum Gasteiger partial charge on any atom is -0.394 e. The SMILES string of the molecule is Nc1nc2c(nc(/N=N/c3ccccc3)n2[C@H]2C[C@@H](O)[C@@H](CO)O2)c(=O)[nH]1. The van der Waals surface area contributed by atoms with E-state index < -0.39 is 24.0 Å². The van der Waals surface area contributed by atoms with E-state index in [2.05, 4.69) is 25.2 Å². The summed E-state index contributed by atoms with van der Waals surface area (Å²) >= 11 is 0. The predicted molar refractivity (Wildman–Crippen MR) is 94.8 cm³/mol. The topological polar surface area (TPSA) is 164 Å². The van der Waals surface area contributed by atoms with Crippen LogP contribution in [0.2, 0.25) is 0 Å². The summed E-state index contributed by atoms with van der Waals surface area (Å²) in [6, 6.07) is 9.00. The third kappa shape index (κ3) is 3.18. The molecule has 0 bridgehead atoms. The number of nitrogens with two attached hydrogens (primary N) is 1. The molecule has 3 atom stereocenters. The second-order valence-corrected chi connectivity index (χ2v) is 6.06. The van der Waals surface area contributed by atoms with Gasteiger partial charge in [-0.2, -0.15) is 4.98 Å². The molecule has 140 valence electrons. The zero-order valence-electron chi connectivity index (χ0n) is 14.1. The molecule has 0 spiro atoms. The molecule has 11 heteroatoms. The van der Waals surface area contributed by atoms with Gasteiger partial charge in [0.05, 0.1) is 18.4 Å². The molecule has 1 saturated heterocycles. The number of hydrogen-bond acceptors (Lipinski definition) is 9. The maximum atomic E-state index is 12.2. The number of aromatic nitrogens is 4. The molecule has 2 aromatic heterocycles. The molecule has 1 aliphatic rings. The normalized spacial score (nSPS) is 22.8. The maximum Gasteiger partial charge on any atom is 0.280 e. The Labute approximate surface area is 152 Å². The van der Waals surface area contributed by atoms with Crippen molar-refractivity contribution in [2.45, 2.75) is 24.9 Å². The van der Waals surface area contributed by atoms with Crippen molar-refractivity contribution >= 4 is 28.7 Å². The van der Waals surface area contributed by atoms with E-state index in [0.29, 0.717) is 5.69 Å². The molecule has 0 unspecified atom stereocenters. The Bertz CT molecular complexity index is 1050. The summed E-state index contributed by atoms with van der Waals surface area (Å²) in [5, 5.41) is 27.6. The van der Waals surface area contributed by atoms with E-state index in [9.17, 15) is 15.0 Å². The van der Waals surface area contributed by atoms with Gasteiger partial charge in [0.2, 0.25) is 5.95 Å². The standard InChI is InChI=1S/C16H17N7O4/c17-15-19-13-12(14(26)20-15)18-16(22-21-8-4-2-1-3-5-8)23(13)11-6-9(25)10(7-24)27-11/h1-5,9-11,24-25H,6-7H2,(H3,17,19,20,26)/b22-21+/t9-,10-,11-/m1/s1. The second kappa shape index (κ2) is 6.87. The van der Waals surface area contributed by atoms with E-state index in [0.717, 1.165) is 0 Å². The average molecular weight is 371 g/mol. The molecule has 11 nitrogen and oxygen atoms in total. The van der Waals surface area contributed by atoms with Gasteiger partial charge in [-0.1, -0.05) is 18.2 Å². The first-order valence-corrected chi connectivity index (χ1v) is 8.25. The van der Waals surface area contributed by atoms with Crippen LogP contribution in [0.5, 0.6) is 0 Å². The van der Waals surface area contributed by atoms with Gasteiger partial charge in [0.15, 0.2) is 11.2 Å². The number of H-pyrrole nitrogens is 1.